The first-order valence-corrected chi connectivity index (χ1v) is 7.61. The third kappa shape index (κ3) is 2.40. The fraction of sp³-hybridized carbons (Fsp3) is 0.167. The molecule has 0 aliphatic carbocycles. The van der Waals surface area contributed by atoms with E-state index in [-0.39, 0.29) is 5.91 Å². The molecule has 5 nitrogen and oxygen atoms in total. The quantitative estimate of drug-likeness (QED) is 0.751. The Hall–Kier alpha value is -2.95. The highest BCUT2D eigenvalue weighted by molar-refractivity contribution is 5.95. The lowest BCUT2D eigenvalue weighted by atomic mass is 10.1. The molecule has 1 N–H and O–H groups in total. The topological polar surface area (TPSA) is 59.3 Å². The zero-order valence-electron chi connectivity index (χ0n) is 12.8. The predicted octanol–water partition coefficient (Wildman–Crippen LogP) is 2.51. The van der Waals surface area contributed by atoms with Crippen molar-refractivity contribution in [2.75, 3.05) is 11.9 Å². The molecule has 5 heteroatoms. The van der Waals surface area contributed by atoms with Gasteiger partial charge in [0, 0.05) is 24.0 Å². The summed E-state index contributed by atoms with van der Waals surface area (Å²) in [5.41, 5.74) is 2.91. The molecule has 0 bridgehead atoms. The highest BCUT2D eigenvalue weighted by atomic mass is 16.1. The van der Waals surface area contributed by atoms with E-state index in [0.29, 0.717) is 11.2 Å². The van der Waals surface area contributed by atoms with Crippen LogP contribution in [0, 0.1) is 6.92 Å². The lowest BCUT2D eigenvalue weighted by Crippen LogP contribution is -2.24. The van der Waals surface area contributed by atoms with Crippen LogP contribution in [0.1, 0.15) is 15.9 Å². The number of aryl methyl sites for hydroxylation is 1. The molecule has 0 atom stereocenters. The Morgan fingerprint density at radius 3 is 2.96 bits per heavy atom. The number of carbonyl (C=O) groups is 1. The van der Waals surface area contributed by atoms with Crippen molar-refractivity contribution in [2.45, 2.75) is 13.5 Å². The molecule has 1 aliphatic rings. The van der Waals surface area contributed by atoms with Crippen LogP contribution < -0.4 is 10.9 Å². The number of hydrogen-bond donors (Lipinski definition) is 1. The van der Waals surface area contributed by atoms with Crippen molar-refractivity contribution in [1.82, 2.24) is 9.55 Å². The van der Waals surface area contributed by atoms with Gasteiger partial charge in [-0.25, -0.2) is 4.98 Å². The fourth-order valence-electron chi connectivity index (χ4n) is 2.89. The van der Waals surface area contributed by atoms with E-state index in [1.165, 1.54) is 0 Å². The molecular formula is C18H16N4O. The summed E-state index contributed by atoms with van der Waals surface area (Å²) in [6.45, 7) is 3.53. The maximum atomic E-state index is 12.5. The second kappa shape index (κ2) is 5.35. The van der Waals surface area contributed by atoms with E-state index in [9.17, 15) is 4.79 Å². The highest BCUT2D eigenvalue weighted by Gasteiger charge is 2.15. The Kier molecular flexibility index (Phi) is 3.19. The molecule has 4 rings (SSSR count). The van der Waals surface area contributed by atoms with Crippen LogP contribution in [0.4, 0.5) is 5.82 Å². The van der Waals surface area contributed by atoms with Crippen molar-refractivity contribution in [1.29, 1.82) is 0 Å². The van der Waals surface area contributed by atoms with Crippen molar-refractivity contribution >= 4 is 22.6 Å². The van der Waals surface area contributed by atoms with Crippen molar-refractivity contribution in [2.24, 2.45) is 4.99 Å². The second-order valence-electron chi connectivity index (χ2n) is 5.64. The van der Waals surface area contributed by atoms with Gasteiger partial charge in [-0.05, 0) is 31.2 Å². The Bertz CT molecular complexity index is 988. The Morgan fingerprint density at radius 1 is 1.22 bits per heavy atom. The van der Waals surface area contributed by atoms with Crippen LogP contribution in [0.5, 0.6) is 0 Å². The number of nitrogens with zero attached hydrogens (tertiary/aromatic N) is 3. The van der Waals surface area contributed by atoms with Gasteiger partial charge >= 0.3 is 0 Å². The summed E-state index contributed by atoms with van der Waals surface area (Å²) in [5, 5.41) is 4.41. The molecule has 114 valence electrons. The Labute approximate surface area is 133 Å². The molecule has 2 aromatic carbocycles. The Morgan fingerprint density at radius 2 is 2.09 bits per heavy atom. The van der Waals surface area contributed by atoms with Crippen LogP contribution >= 0.6 is 0 Å². The minimum atomic E-state index is -0.266. The van der Waals surface area contributed by atoms with E-state index in [0.717, 1.165) is 35.4 Å². The van der Waals surface area contributed by atoms with Gasteiger partial charge in [0.2, 0.25) is 5.62 Å². The first-order valence-electron chi connectivity index (χ1n) is 7.61. The molecule has 0 unspecified atom stereocenters. The first-order chi connectivity index (χ1) is 11.2. The van der Waals surface area contributed by atoms with Gasteiger partial charge in [0.1, 0.15) is 5.82 Å². The van der Waals surface area contributed by atoms with Crippen LogP contribution in [0.2, 0.25) is 0 Å². The number of fused-ring (bicyclic) bond motifs is 3. The SMILES string of the molecule is Cc1cccc(C(=O)N=c2nc3ccccc3c3n2CCN3)c1. The largest absolute Gasteiger partial charge is 0.369 e. The van der Waals surface area contributed by atoms with Crippen molar-refractivity contribution in [3.63, 3.8) is 0 Å². The van der Waals surface area contributed by atoms with Gasteiger partial charge in [-0.1, -0.05) is 29.8 Å². The number of para-hydroxylation sites is 1. The summed E-state index contributed by atoms with van der Waals surface area (Å²) < 4.78 is 1.97. The number of aromatic nitrogens is 2. The van der Waals surface area contributed by atoms with Gasteiger partial charge in [0.05, 0.1) is 5.52 Å². The number of nitrogens with one attached hydrogen (secondary N) is 1. The van der Waals surface area contributed by atoms with Crippen LogP contribution in [0.3, 0.4) is 0 Å². The average Bonchev–Trinajstić information content (AvgIpc) is 3.05. The van der Waals surface area contributed by atoms with Crippen LogP contribution in [0.25, 0.3) is 10.9 Å². The summed E-state index contributed by atoms with van der Waals surface area (Å²) in [6, 6.07) is 15.3. The standard InChI is InChI=1S/C18H16N4O/c1-12-5-4-6-13(11-12)17(23)21-18-20-15-8-3-2-7-14(15)16-19-9-10-22(16)18/h2-8,11,19H,9-10H2,1H3. The smallest absolute Gasteiger partial charge is 0.280 e. The zero-order valence-corrected chi connectivity index (χ0v) is 12.8. The van der Waals surface area contributed by atoms with E-state index in [1.54, 1.807) is 6.07 Å². The molecule has 0 spiro atoms. The Balaban J connectivity index is 1.90. The van der Waals surface area contributed by atoms with Gasteiger partial charge in [0.25, 0.3) is 5.91 Å². The molecule has 1 aliphatic heterocycles. The summed E-state index contributed by atoms with van der Waals surface area (Å²) in [5.74, 6) is 0.712. The zero-order chi connectivity index (χ0) is 15.8. The summed E-state index contributed by atoms with van der Waals surface area (Å²) >= 11 is 0. The lowest BCUT2D eigenvalue weighted by Gasteiger charge is -2.07. The molecule has 1 amide bonds. The molecule has 1 aromatic heterocycles. The van der Waals surface area contributed by atoms with E-state index in [2.05, 4.69) is 15.3 Å². The van der Waals surface area contributed by atoms with Gasteiger partial charge in [-0.2, -0.15) is 4.99 Å². The van der Waals surface area contributed by atoms with Crippen LogP contribution in [-0.4, -0.2) is 22.0 Å². The molecule has 0 saturated heterocycles. The number of benzene rings is 2. The maximum absolute atomic E-state index is 12.5. The highest BCUT2D eigenvalue weighted by Crippen LogP contribution is 2.22. The predicted molar refractivity (Wildman–Crippen MR) is 89.3 cm³/mol. The summed E-state index contributed by atoms with van der Waals surface area (Å²) in [4.78, 5) is 21.3. The number of hydrogen-bond acceptors (Lipinski definition) is 3. The minimum Gasteiger partial charge on any atom is -0.369 e. The lowest BCUT2D eigenvalue weighted by molar-refractivity contribution is 0.0996. The second-order valence-corrected chi connectivity index (χ2v) is 5.64. The molecular weight excluding hydrogens is 288 g/mol. The molecule has 0 radical (unpaired) electrons. The average molecular weight is 304 g/mol. The number of carbonyl (C=O) groups excluding carboxylic acids is 1. The van der Waals surface area contributed by atoms with Gasteiger partial charge < -0.3 is 5.32 Å². The van der Waals surface area contributed by atoms with Gasteiger partial charge in [-0.3, -0.25) is 9.36 Å². The minimum absolute atomic E-state index is 0.266. The van der Waals surface area contributed by atoms with E-state index >= 15 is 0 Å². The molecule has 0 saturated carbocycles. The van der Waals surface area contributed by atoms with Crippen molar-refractivity contribution < 1.29 is 4.79 Å². The van der Waals surface area contributed by atoms with Crippen molar-refractivity contribution in [3.05, 3.63) is 65.3 Å². The maximum Gasteiger partial charge on any atom is 0.280 e. The van der Waals surface area contributed by atoms with E-state index in [4.69, 9.17) is 0 Å². The molecule has 2 heterocycles. The normalized spacial score (nSPS) is 13.9. The van der Waals surface area contributed by atoms with Gasteiger partial charge in [0.15, 0.2) is 0 Å². The molecule has 0 fully saturated rings. The number of amides is 1. The third-order valence-electron chi connectivity index (χ3n) is 3.99. The monoisotopic (exact) mass is 304 g/mol. The van der Waals surface area contributed by atoms with Gasteiger partial charge in [-0.15, -0.1) is 0 Å². The molecule has 3 aromatic rings. The number of anilines is 1. The van der Waals surface area contributed by atoms with E-state index < -0.39 is 0 Å². The molecule has 23 heavy (non-hydrogen) atoms. The summed E-state index contributed by atoms with van der Waals surface area (Å²) in [6.07, 6.45) is 0. The third-order valence-corrected chi connectivity index (χ3v) is 3.99. The summed E-state index contributed by atoms with van der Waals surface area (Å²) in [7, 11) is 0. The van der Waals surface area contributed by atoms with Crippen molar-refractivity contribution in [3.8, 4) is 0 Å². The van der Waals surface area contributed by atoms with E-state index in [1.807, 2.05) is 54.0 Å². The van der Waals surface area contributed by atoms with Crippen LogP contribution in [0.15, 0.2) is 53.5 Å². The van der Waals surface area contributed by atoms with Crippen LogP contribution in [-0.2, 0) is 6.54 Å². The first kappa shape index (κ1) is 13.7. The number of rotatable bonds is 1. The fourth-order valence-corrected chi connectivity index (χ4v) is 2.89.